The van der Waals surface area contributed by atoms with Crippen molar-refractivity contribution in [2.75, 3.05) is 13.3 Å². The fourth-order valence-corrected chi connectivity index (χ4v) is 16.6. The third-order valence-electron chi connectivity index (χ3n) is 3.77. The molecule has 192 valence electrons. The summed E-state index contributed by atoms with van der Waals surface area (Å²) >= 11 is 0. The van der Waals surface area contributed by atoms with Crippen molar-refractivity contribution in [2.45, 2.75) is 90.6 Å². The Morgan fingerprint density at radius 1 is 0.636 bits per heavy atom. The summed E-state index contributed by atoms with van der Waals surface area (Å²) in [4.78, 5) is 0. The van der Waals surface area contributed by atoms with E-state index in [2.05, 4.69) is 90.7 Å². The Bertz CT molecular complexity index is 678. The van der Waals surface area contributed by atoms with Gasteiger partial charge in [0.2, 0.25) is 0 Å². The van der Waals surface area contributed by atoms with Crippen LogP contribution in [-0.4, -0.2) is 52.2 Å². The first-order valence-electron chi connectivity index (χ1n) is 11.7. The zero-order chi connectivity index (χ0) is 25.7. The first-order valence-corrected chi connectivity index (χ1v) is 28.0. The van der Waals surface area contributed by atoms with E-state index in [4.69, 9.17) is 21.6 Å². The minimum Gasteiger partial charge on any atom is -0.497 e. The van der Waals surface area contributed by atoms with Crippen molar-refractivity contribution in [3.05, 3.63) is 29.8 Å². The molecule has 1 rings (SSSR count). The van der Waals surface area contributed by atoms with Crippen molar-refractivity contribution in [3.63, 3.8) is 0 Å². The van der Waals surface area contributed by atoms with Crippen LogP contribution in [0.2, 0.25) is 78.6 Å². The Labute approximate surface area is 210 Å². The molecule has 0 saturated carbocycles. The van der Waals surface area contributed by atoms with Gasteiger partial charge in [-0.25, -0.2) is 0 Å². The van der Waals surface area contributed by atoms with Gasteiger partial charge in [0.1, 0.15) is 14.1 Å². The molecule has 0 bridgehead atoms. The molecule has 0 aliphatic heterocycles. The third-order valence-corrected chi connectivity index (χ3v) is 17.6. The van der Waals surface area contributed by atoms with Crippen LogP contribution in [0.15, 0.2) is 24.3 Å². The summed E-state index contributed by atoms with van der Waals surface area (Å²) in [6.45, 7) is 27.0. The molecule has 0 heterocycles. The molecule has 1 aromatic carbocycles. The Kier molecular flexibility index (Phi) is 12.2. The van der Waals surface area contributed by atoms with Gasteiger partial charge in [-0.1, -0.05) is 12.1 Å². The predicted octanol–water partition coefficient (Wildman–Crippen LogP) is 8.64. The first-order chi connectivity index (χ1) is 14.8. The summed E-state index contributed by atoms with van der Waals surface area (Å²) in [5.74, 6) is 0.876. The maximum absolute atomic E-state index is 6.77. The molecule has 0 N–H and O–H groups in total. The van der Waals surface area contributed by atoms with Crippen molar-refractivity contribution in [2.24, 2.45) is 0 Å². The van der Waals surface area contributed by atoms with Gasteiger partial charge in [-0.05, 0) is 103 Å². The van der Waals surface area contributed by atoms with Crippen LogP contribution >= 0.6 is 16.8 Å². The number of hydrogen-bond acceptors (Lipinski definition) is 5. The molecular weight excluding hydrogens is 519 g/mol. The van der Waals surface area contributed by atoms with Crippen molar-refractivity contribution in [1.82, 2.24) is 0 Å². The first kappa shape index (κ1) is 31.6. The molecule has 1 aromatic rings. The molecule has 0 radical (unpaired) electrons. The lowest BCUT2D eigenvalue weighted by molar-refractivity contribution is 0.414. The van der Waals surface area contributed by atoms with E-state index in [9.17, 15) is 0 Å². The van der Waals surface area contributed by atoms with Gasteiger partial charge in [0.15, 0.2) is 41.6 Å². The van der Waals surface area contributed by atoms with Gasteiger partial charge in [0.05, 0.1) is 7.11 Å². The number of hydrogen-bond donors (Lipinski definition) is 0. The molecule has 0 spiro atoms. The highest BCUT2D eigenvalue weighted by Crippen LogP contribution is 2.56. The van der Waals surface area contributed by atoms with Crippen molar-refractivity contribution < 1.29 is 21.6 Å². The summed E-state index contributed by atoms with van der Waals surface area (Å²) in [5.41, 5.74) is 1.48. The summed E-state index contributed by atoms with van der Waals surface area (Å²) in [6.07, 6.45) is 1.73. The summed E-state index contributed by atoms with van der Waals surface area (Å²) in [6, 6.07) is 8.38. The third kappa shape index (κ3) is 15.3. The Balaban J connectivity index is 3.35. The molecule has 33 heavy (non-hydrogen) atoms. The second-order valence-electron chi connectivity index (χ2n) is 12.3. The van der Waals surface area contributed by atoms with Gasteiger partial charge in [-0.15, -0.1) is 0 Å². The minimum absolute atomic E-state index is 0.214. The van der Waals surface area contributed by atoms with Crippen LogP contribution < -0.4 is 4.74 Å². The lowest BCUT2D eigenvalue weighted by Gasteiger charge is -2.38. The van der Waals surface area contributed by atoms with Crippen LogP contribution in [0, 0.1) is 0 Å². The summed E-state index contributed by atoms with van der Waals surface area (Å²) in [7, 11) is -7.53. The number of benzene rings is 1. The monoisotopic (exact) mass is 566 g/mol. The average molecular weight is 567 g/mol. The maximum Gasteiger partial charge on any atom is 0.191 e. The van der Waals surface area contributed by atoms with Gasteiger partial charge in [0, 0.05) is 11.8 Å². The molecule has 0 fully saturated rings. The molecule has 0 amide bonds. The second kappa shape index (κ2) is 12.7. The van der Waals surface area contributed by atoms with Crippen molar-refractivity contribution in [1.29, 1.82) is 0 Å². The predicted molar refractivity (Wildman–Crippen MR) is 157 cm³/mol. The highest BCUT2D eigenvalue weighted by atomic mass is 31.2. The smallest absolute Gasteiger partial charge is 0.191 e. The van der Waals surface area contributed by atoms with E-state index in [0.29, 0.717) is 0 Å². The quantitative estimate of drug-likeness (QED) is 0.167. The Morgan fingerprint density at radius 3 is 1.36 bits per heavy atom. The van der Waals surface area contributed by atoms with E-state index in [-0.39, 0.29) is 5.66 Å². The lowest BCUT2D eigenvalue weighted by Crippen LogP contribution is -2.34. The van der Waals surface area contributed by atoms with Gasteiger partial charge < -0.3 is 21.6 Å². The Hall–Kier alpha value is 0.588. The van der Waals surface area contributed by atoms with Gasteiger partial charge in [0.25, 0.3) is 0 Å². The van der Waals surface area contributed by atoms with Crippen LogP contribution in [0.25, 0.3) is 0 Å². The van der Waals surface area contributed by atoms with Gasteiger partial charge in [-0.3, -0.25) is 0 Å². The molecule has 5 nitrogen and oxygen atoms in total. The van der Waals surface area contributed by atoms with Crippen molar-refractivity contribution in [3.8, 4) is 5.75 Å². The zero-order valence-electron chi connectivity index (χ0n) is 23.2. The van der Waals surface area contributed by atoms with Crippen LogP contribution in [0.1, 0.15) is 5.56 Å². The van der Waals surface area contributed by atoms with E-state index in [0.717, 1.165) is 18.3 Å². The van der Waals surface area contributed by atoms with E-state index in [1.165, 1.54) is 5.56 Å². The SMILES string of the molecule is COc1ccc(CC(CP(O[Si](C)(C)C)O[Si](C)(C)C)P(O[Si](C)(C)C)O[Si](C)(C)C)cc1. The zero-order valence-corrected chi connectivity index (χ0v) is 29.0. The molecule has 1 unspecified atom stereocenters. The summed E-state index contributed by atoms with van der Waals surface area (Å²) in [5, 5.41) is 0. The average Bonchev–Trinajstić information content (AvgIpc) is 2.55. The molecule has 1 atom stereocenters. The van der Waals surface area contributed by atoms with Crippen LogP contribution in [0.3, 0.4) is 0 Å². The topological polar surface area (TPSA) is 46.2 Å². The standard InChI is InChI=1S/C22H48O5P2Si4/c1-23-21-16-14-20(15-17-21)18-22(29(26-32(8,9)10)27-33(11,12)13)19-28(24-30(2,3)4)25-31(5,6)7/h14-17,22H,18-19H2,1-13H3. The van der Waals surface area contributed by atoms with Gasteiger partial charge >= 0.3 is 0 Å². The fraction of sp³-hybridized carbons (Fsp3) is 0.727. The van der Waals surface area contributed by atoms with Crippen LogP contribution in [0.5, 0.6) is 5.75 Å². The molecular formula is C22H48O5P2Si4. The van der Waals surface area contributed by atoms with Crippen LogP contribution in [0.4, 0.5) is 0 Å². The van der Waals surface area contributed by atoms with Crippen LogP contribution in [-0.2, 0) is 23.3 Å². The number of ether oxygens (including phenoxy) is 1. The molecule has 0 saturated heterocycles. The Morgan fingerprint density at radius 2 is 1.03 bits per heavy atom. The van der Waals surface area contributed by atoms with Crippen molar-refractivity contribution >= 4 is 50.0 Å². The van der Waals surface area contributed by atoms with E-state index in [1.54, 1.807) is 7.11 Å². The lowest BCUT2D eigenvalue weighted by atomic mass is 10.1. The summed E-state index contributed by atoms with van der Waals surface area (Å²) < 4.78 is 32.2. The molecule has 0 aliphatic carbocycles. The number of rotatable bonds is 14. The highest BCUT2D eigenvalue weighted by molar-refractivity contribution is 7.55. The van der Waals surface area contributed by atoms with E-state index in [1.807, 2.05) is 12.1 Å². The largest absolute Gasteiger partial charge is 0.497 e. The van der Waals surface area contributed by atoms with E-state index < -0.39 is 50.0 Å². The second-order valence-corrected chi connectivity index (χ2v) is 34.5. The minimum atomic E-state index is -1.81. The highest BCUT2D eigenvalue weighted by Gasteiger charge is 2.38. The molecule has 11 heteroatoms. The number of methoxy groups -OCH3 is 1. The molecule has 0 aromatic heterocycles. The maximum atomic E-state index is 6.77. The van der Waals surface area contributed by atoms with Gasteiger partial charge in [-0.2, -0.15) is 0 Å². The normalized spacial score (nSPS) is 14.8. The fourth-order valence-electron chi connectivity index (χ4n) is 2.82. The van der Waals surface area contributed by atoms with E-state index >= 15 is 0 Å². The molecule has 0 aliphatic rings.